The van der Waals surface area contributed by atoms with Crippen LogP contribution in [0.4, 0.5) is 0 Å². The number of nitrogens with one attached hydrogen (secondary N) is 1. The average molecular weight is 326 g/mol. The zero-order valence-corrected chi connectivity index (χ0v) is 14.7. The third-order valence-corrected chi connectivity index (χ3v) is 6.23. The molecule has 1 heterocycles. The summed E-state index contributed by atoms with van der Waals surface area (Å²) in [6, 6.07) is 6.83. The van der Waals surface area contributed by atoms with Crippen molar-refractivity contribution in [1.29, 1.82) is 0 Å². The molecular formula is C19H26N4O. The normalized spacial score (nSPS) is 29.3. The van der Waals surface area contributed by atoms with Gasteiger partial charge in [0.25, 0.3) is 5.91 Å². The highest BCUT2D eigenvalue weighted by atomic mass is 16.2. The van der Waals surface area contributed by atoms with Crippen molar-refractivity contribution in [2.45, 2.75) is 37.8 Å². The summed E-state index contributed by atoms with van der Waals surface area (Å²) in [5.74, 6) is 1.70. The zero-order chi connectivity index (χ0) is 16.8. The molecule has 128 valence electrons. The van der Waals surface area contributed by atoms with Gasteiger partial charge in [0.2, 0.25) is 0 Å². The molecule has 5 nitrogen and oxygen atoms in total. The van der Waals surface area contributed by atoms with Crippen molar-refractivity contribution < 1.29 is 4.79 Å². The monoisotopic (exact) mass is 326 g/mol. The van der Waals surface area contributed by atoms with Crippen LogP contribution in [0.1, 0.15) is 36.0 Å². The van der Waals surface area contributed by atoms with Crippen LogP contribution in [0.5, 0.6) is 0 Å². The fourth-order valence-corrected chi connectivity index (χ4v) is 4.73. The van der Waals surface area contributed by atoms with E-state index in [2.05, 4.69) is 29.0 Å². The maximum atomic E-state index is 12.9. The number of hydrogen-bond acceptors (Lipinski definition) is 3. The molecule has 0 bridgehead atoms. The van der Waals surface area contributed by atoms with Gasteiger partial charge in [0, 0.05) is 24.7 Å². The highest BCUT2D eigenvalue weighted by Gasteiger charge is 2.44. The van der Waals surface area contributed by atoms with Crippen LogP contribution in [0.3, 0.4) is 0 Å². The topological polar surface area (TPSA) is 52.2 Å². The van der Waals surface area contributed by atoms with E-state index in [1.165, 1.54) is 12.8 Å². The number of imidazole rings is 1. The predicted molar refractivity (Wildman–Crippen MR) is 94.9 cm³/mol. The molecule has 4 atom stereocenters. The molecule has 24 heavy (non-hydrogen) atoms. The van der Waals surface area contributed by atoms with Gasteiger partial charge in [-0.05, 0) is 69.8 Å². The summed E-state index contributed by atoms with van der Waals surface area (Å²) in [5.41, 5.74) is 2.57. The number of aromatic amines is 1. The van der Waals surface area contributed by atoms with Crippen molar-refractivity contribution in [2.75, 3.05) is 21.1 Å². The Morgan fingerprint density at radius 1 is 1.08 bits per heavy atom. The van der Waals surface area contributed by atoms with Gasteiger partial charge in [-0.3, -0.25) is 4.79 Å². The summed E-state index contributed by atoms with van der Waals surface area (Å²) >= 11 is 0. The second kappa shape index (κ2) is 5.88. The minimum atomic E-state index is 0.126. The van der Waals surface area contributed by atoms with E-state index in [1.807, 2.05) is 30.1 Å². The molecule has 2 aliphatic rings. The largest absolute Gasteiger partial charge is 0.345 e. The third kappa shape index (κ3) is 2.61. The first-order valence-electron chi connectivity index (χ1n) is 8.89. The maximum absolute atomic E-state index is 12.9. The van der Waals surface area contributed by atoms with Gasteiger partial charge < -0.3 is 14.8 Å². The smallest absolute Gasteiger partial charge is 0.253 e. The molecule has 5 heteroatoms. The quantitative estimate of drug-likeness (QED) is 0.943. The molecule has 2 unspecified atom stereocenters. The molecule has 1 aromatic heterocycles. The van der Waals surface area contributed by atoms with Crippen LogP contribution in [0.2, 0.25) is 0 Å². The third-order valence-electron chi connectivity index (χ3n) is 6.23. The van der Waals surface area contributed by atoms with E-state index in [1.54, 1.807) is 6.33 Å². The number of nitrogens with zero attached hydrogens (tertiary/aromatic N) is 3. The molecule has 0 spiro atoms. The van der Waals surface area contributed by atoms with Crippen molar-refractivity contribution in [2.24, 2.45) is 11.8 Å². The maximum Gasteiger partial charge on any atom is 0.253 e. The Morgan fingerprint density at radius 3 is 2.42 bits per heavy atom. The van der Waals surface area contributed by atoms with Gasteiger partial charge in [0.05, 0.1) is 17.4 Å². The molecule has 4 rings (SSSR count). The number of hydrogen-bond donors (Lipinski definition) is 1. The second-order valence-corrected chi connectivity index (χ2v) is 7.78. The van der Waals surface area contributed by atoms with Crippen LogP contribution in [-0.4, -0.2) is 58.9 Å². The van der Waals surface area contributed by atoms with E-state index in [-0.39, 0.29) is 5.91 Å². The number of rotatable bonds is 3. The van der Waals surface area contributed by atoms with E-state index in [0.717, 1.165) is 47.3 Å². The fourth-order valence-electron chi connectivity index (χ4n) is 4.73. The Hall–Kier alpha value is -1.88. The molecule has 1 N–H and O–H groups in total. The molecule has 1 aromatic carbocycles. The molecule has 0 radical (unpaired) electrons. The Labute approximate surface area is 143 Å². The first kappa shape index (κ1) is 15.6. The van der Waals surface area contributed by atoms with Gasteiger partial charge in [-0.2, -0.15) is 0 Å². The van der Waals surface area contributed by atoms with Gasteiger partial charge in [-0.25, -0.2) is 4.98 Å². The average Bonchev–Trinajstić information content (AvgIpc) is 3.25. The number of aromatic nitrogens is 2. The molecule has 2 fully saturated rings. The van der Waals surface area contributed by atoms with Crippen molar-refractivity contribution in [3.63, 3.8) is 0 Å². The van der Waals surface area contributed by atoms with E-state index < -0.39 is 0 Å². The van der Waals surface area contributed by atoms with Crippen molar-refractivity contribution in [3.8, 4) is 0 Å². The molecule has 2 aromatic rings. The second-order valence-electron chi connectivity index (χ2n) is 7.78. The predicted octanol–water partition coefficient (Wildman–Crippen LogP) is 2.75. The number of fused-ring (bicyclic) bond motifs is 2. The molecule has 2 aliphatic carbocycles. The van der Waals surface area contributed by atoms with Crippen LogP contribution in [-0.2, 0) is 0 Å². The Kier molecular flexibility index (Phi) is 3.83. The van der Waals surface area contributed by atoms with E-state index >= 15 is 0 Å². The van der Waals surface area contributed by atoms with Gasteiger partial charge in [0.15, 0.2) is 0 Å². The molecular weight excluding hydrogens is 300 g/mol. The van der Waals surface area contributed by atoms with Crippen LogP contribution in [0, 0.1) is 11.8 Å². The summed E-state index contributed by atoms with van der Waals surface area (Å²) < 4.78 is 0. The Balaban J connectivity index is 1.45. The highest BCUT2D eigenvalue weighted by Crippen LogP contribution is 2.46. The molecule has 0 saturated heterocycles. The summed E-state index contributed by atoms with van der Waals surface area (Å²) in [5, 5.41) is 0. The number of H-pyrrole nitrogens is 1. The number of benzene rings is 1. The van der Waals surface area contributed by atoms with E-state index in [9.17, 15) is 4.79 Å². The first-order chi connectivity index (χ1) is 11.5. The van der Waals surface area contributed by atoms with Crippen molar-refractivity contribution in [3.05, 3.63) is 30.1 Å². The van der Waals surface area contributed by atoms with Crippen LogP contribution in [0.15, 0.2) is 24.5 Å². The summed E-state index contributed by atoms with van der Waals surface area (Å²) in [7, 11) is 6.34. The summed E-state index contributed by atoms with van der Waals surface area (Å²) in [6.07, 6.45) is 6.56. The zero-order valence-electron chi connectivity index (χ0n) is 14.7. The van der Waals surface area contributed by atoms with Gasteiger partial charge in [-0.15, -0.1) is 0 Å². The standard InChI is InChI=1S/C19H26N4O/c1-22(2)15-6-13-8-16(9-14(13)7-15)23(3)19(24)12-4-5-17-18(10-12)21-11-20-17/h4-5,10-11,13-16H,6-9H2,1-3H3,(H,20,21)/t13-,14+,15?,16?. The van der Waals surface area contributed by atoms with Crippen LogP contribution < -0.4 is 0 Å². The van der Waals surface area contributed by atoms with Gasteiger partial charge in [-0.1, -0.05) is 0 Å². The number of carbonyl (C=O) groups is 1. The number of amides is 1. The molecule has 1 amide bonds. The summed E-state index contributed by atoms with van der Waals surface area (Å²) in [4.78, 5) is 24.5. The minimum absolute atomic E-state index is 0.126. The highest BCUT2D eigenvalue weighted by molar-refractivity contribution is 5.97. The SMILES string of the molecule is CN(C)C1C[C@@H]2CC(N(C)C(=O)c3ccc4nc[nH]c4c3)C[C@@H]2C1. The lowest BCUT2D eigenvalue weighted by molar-refractivity contribution is 0.0726. The van der Waals surface area contributed by atoms with Crippen molar-refractivity contribution in [1.82, 2.24) is 19.8 Å². The first-order valence-corrected chi connectivity index (χ1v) is 8.89. The van der Waals surface area contributed by atoms with Crippen molar-refractivity contribution >= 4 is 16.9 Å². The van der Waals surface area contributed by atoms with E-state index in [0.29, 0.717) is 6.04 Å². The lowest BCUT2D eigenvalue weighted by Crippen LogP contribution is -2.36. The summed E-state index contributed by atoms with van der Waals surface area (Å²) in [6.45, 7) is 0. The van der Waals surface area contributed by atoms with Crippen LogP contribution in [0.25, 0.3) is 11.0 Å². The fraction of sp³-hybridized carbons (Fsp3) is 0.579. The molecule has 2 saturated carbocycles. The molecule has 0 aliphatic heterocycles. The minimum Gasteiger partial charge on any atom is -0.345 e. The van der Waals surface area contributed by atoms with Crippen LogP contribution >= 0.6 is 0 Å². The lowest BCUT2D eigenvalue weighted by Gasteiger charge is -2.27. The Bertz CT molecular complexity index is 739. The van der Waals surface area contributed by atoms with Gasteiger partial charge in [0.1, 0.15) is 0 Å². The van der Waals surface area contributed by atoms with E-state index in [4.69, 9.17) is 0 Å². The lowest BCUT2D eigenvalue weighted by atomic mass is 10.0. The Morgan fingerprint density at radius 2 is 1.75 bits per heavy atom. The van der Waals surface area contributed by atoms with Gasteiger partial charge >= 0.3 is 0 Å². The number of carbonyl (C=O) groups excluding carboxylic acids is 1.